The van der Waals surface area contributed by atoms with Crippen LogP contribution in [0.1, 0.15) is 20.8 Å². The van der Waals surface area contributed by atoms with Gasteiger partial charge in [-0.15, -0.1) is 0 Å². The Hall–Kier alpha value is -1.51. The molecule has 1 saturated heterocycles. The zero-order chi connectivity index (χ0) is 16.4. The Kier molecular flexibility index (Phi) is 5.08. The van der Waals surface area contributed by atoms with Crippen molar-refractivity contribution in [2.45, 2.75) is 38.6 Å². The molecule has 0 aliphatic carbocycles. The van der Waals surface area contributed by atoms with Gasteiger partial charge in [0.2, 0.25) is 0 Å². The minimum Gasteiger partial charge on any atom is -0.444 e. The summed E-state index contributed by atoms with van der Waals surface area (Å²) in [6.45, 7) is 3.75. The third-order valence-electron chi connectivity index (χ3n) is 2.85. The molecular weight excluding hydrogens is 293 g/mol. The van der Waals surface area contributed by atoms with Crippen molar-refractivity contribution in [3.63, 3.8) is 0 Å². The molecule has 1 rings (SSSR count). The standard InChI is InChI=1S/C12H19F3N2O4/c1-11(2,3)21-10(20)16-4-5-17(8(6-16)7-18)9(19)12(13,14)15/h8,18H,4-7H2,1-3H3. The number of carbonyl (C=O) groups excluding carboxylic acids is 2. The van der Waals surface area contributed by atoms with Crippen molar-refractivity contribution in [1.29, 1.82) is 0 Å². The van der Waals surface area contributed by atoms with Crippen molar-refractivity contribution in [3.8, 4) is 0 Å². The quantitative estimate of drug-likeness (QED) is 0.784. The Labute approximate surface area is 120 Å². The molecule has 1 heterocycles. The van der Waals surface area contributed by atoms with Crippen LogP contribution in [0.15, 0.2) is 0 Å². The van der Waals surface area contributed by atoms with Gasteiger partial charge < -0.3 is 19.6 Å². The van der Waals surface area contributed by atoms with Gasteiger partial charge in [0, 0.05) is 19.6 Å². The molecule has 2 amide bonds. The number of piperazine rings is 1. The van der Waals surface area contributed by atoms with Crippen molar-refractivity contribution < 1.29 is 32.6 Å². The van der Waals surface area contributed by atoms with Crippen LogP contribution in [0.5, 0.6) is 0 Å². The first kappa shape index (κ1) is 17.5. The summed E-state index contributed by atoms with van der Waals surface area (Å²) in [5, 5.41) is 9.17. The number of amides is 2. The van der Waals surface area contributed by atoms with Gasteiger partial charge in [-0.2, -0.15) is 13.2 Å². The lowest BCUT2D eigenvalue weighted by atomic mass is 10.1. The van der Waals surface area contributed by atoms with E-state index in [1.165, 1.54) is 4.90 Å². The maximum Gasteiger partial charge on any atom is 0.471 e. The number of aliphatic hydroxyl groups excluding tert-OH is 1. The lowest BCUT2D eigenvalue weighted by molar-refractivity contribution is -0.190. The summed E-state index contributed by atoms with van der Waals surface area (Å²) >= 11 is 0. The normalized spacial score (nSPS) is 20.4. The van der Waals surface area contributed by atoms with E-state index in [0.717, 1.165) is 0 Å². The fourth-order valence-corrected chi connectivity index (χ4v) is 1.93. The van der Waals surface area contributed by atoms with E-state index in [0.29, 0.717) is 4.90 Å². The van der Waals surface area contributed by atoms with Crippen LogP contribution in [0.2, 0.25) is 0 Å². The predicted octanol–water partition coefficient (Wildman–Crippen LogP) is 0.989. The monoisotopic (exact) mass is 312 g/mol. The molecule has 1 unspecified atom stereocenters. The molecular formula is C12H19F3N2O4. The SMILES string of the molecule is CC(C)(C)OC(=O)N1CCN(C(=O)C(F)(F)F)C(CO)C1. The van der Waals surface area contributed by atoms with Crippen molar-refractivity contribution in [3.05, 3.63) is 0 Å². The van der Waals surface area contributed by atoms with E-state index < -0.39 is 36.4 Å². The highest BCUT2D eigenvalue weighted by Crippen LogP contribution is 2.22. The number of nitrogens with zero attached hydrogens (tertiary/aromatic N) is 2. The van der Waals surface area contributed by atoms with Gasteiger partial charge in [0.05, 0.1) is 12.6 Å². The molecule has 1 fully saturated rings. The average Bonchev–Trinajstić information content (AvgIpc) is 2.33. The smallest absolute Gasteiger partial charge is 0.444 e. The average molecular weight is 312 g/mol. The maximum absolute atomic E-state index is 12.4. The number of ether oxygens (including phenoxy) is 1. The third-order valence-corrected chi connectivity index (χ3v) is 2.85. The lowest BCUT2D eigenvalue weighted by Crippen LogP contribution is -2.60. The van der Waals surface area contributed by atoms with Crippen LogP contribution in [-0.2, 0) is 9.53 Å². The highest BCUT2D eigenvalue weighted by molar-refractivity contribution is 5.82. The summed E-state index contributed by atoms with van der Waals surface area (Å²) in [7, 11) is 0. The van der Waals surface area contributed by atoms with Crippen LogP contribution in [0.4, 0.5) is 18.0 Å². The molecule has 0 radical (unpaired) electrons. The Bertz CT molecular complexity index is 406. The Morgan fingerprint density at radius 2 is 1.81 bits per heavy atom. The van der Waals surface area contributed by atoms with Gasteiger partial charge in [-0.25, -0.2) is 4.79 Å². The van der Waals surface area contributed by atoms with Gasteiger partial charge in [0.25, 0.3) is 0 Å². The van der Waals surface area contributed by atoms with Gasteiger partial charge in [-0.1, -0.05) is 0 Å². The minimum atomic E-state index is -5.00. The molecule has 0 spiro atoms. The van der Waals surface area contributed by atoms with Gasteiger partial charge >= 0.3 is 18.2 Å². The van der Waals surface area contributed by atoms with Gasteiger partial charge in [0.15, 0.2) is 0 Å². The molecule has 1 atom stereocenters. The fraction of sp³-hybridized carbons (Fsp3) is 0.833. The highest BCUT2D eigenvalue weighted by atomic mass is 19.4. The summed E-state index contributed by atoms with van der Waals surface area (Å²) in [6.07, 6.45) is -5.68. The minimum absolute atomic E-state index is 0.0762. The summed E-state index contributed by atoms with van der Waals surface area (Å²) < 4.78 is 42.4. The summed E-state index contributed by atoms with van der Waals surface area (Å²) in [5.41, 5.74) is -0.731. The molecule has 6 nitrogen and oxygen atoms in total. The highest BCUT2D eigenvalue weighted by Gasteiger charge is 2.46. The second-order valence-electron chi connectivity index (χ2n) is 5.76. The number of halogens is 3. The molecule has 0 aromatic carbocycles. The van der Waals surface area contributed by atoms with E-state index in [2.05, 4.69) is 0 Å². The van der Waals surface area contributed by atoms with E-state index in [1.54, 1.807) is 20.8 Å². The number of carbonyl (C=O) groups is 2. The Morgan fingerprint density at radius 3 is 2.24 bits per heavy atom. The van der Waals surface area contributed by atoms with Crippen LogP contribution in [-0.4, -0.2) is 71.0 Å². The number of hydrogen-bond acceptors (Lipinski definition) is 4. The number of aliphatic hydroxyl groups is 1. The second kappa shape index (κ2) is 6.08. The summed E-state index contributed by atoms with van der Waals surface area (Å²) in [6, 6.07) is -1.10. The molecule has 0 aromatic rings. The van der Waals surface area contributed by atoms with Crippen molar-refractivity contribution in [2.24, 2.45) is 0 Å². The first-order valence-electron chi connectivity index (χ1n) is 6.42. The molecule has 0 bridgehead atoms. The molecule has 0 aromatic heterocycles. The first-order chi connectivity index (χ1) is 9.45. The molecule has 9 heteroatoms. The molecule has 1 aliphatic heterocycles. The Balaban J connectivity index is 2.74. The lowest BCUT2D eigenvalue weighted by Gasteiger charge is -2.40. The van der Waals surface area contributed by atoms with Gasteiger partial charge in [-0.05, 0) is 20.8 Å². The number of alkyl halides is 3. The van der Waals surface area contributed by atoms with Crippen LogP contribution in [0.3, 0.4) is 0 Å². The molecule has 1 N–H and O–H groups in total. The third kappa shape index (κ3) is 4.76. The first-order valence-corrected chi connectivity index (χ1v) is 6.42. The van der Waals surface area contributed by atoms with E-state index >= 15 is 0 Å². The molecule has 21 heavy (non-hydrogen) atoms. The van der Waals surface area contributed by atoms with E-state index in [1.807, 2.05) is 0 Å². The maximum atomic E-state index is 12.4. The summed E-state index contributed by atoms with van der Waals surface area (Å²) in [5.74, 6) is -2.01. The topological polar surface area (TPSA) is 70.1 Å². The Morgan fingerprint density at radius 1 is 1.24 bits per heavy atom. The van der Waals surface area contributed by atoms with Gasteiger partial charge in [0.1, 0.15) is 5.60 Å². The zero-order valence-corrected chi connectivity index (χ0v) is 12.1. The number of hydrogen-bond donors (Lipinski definition) is 1. The molecule has 122 valence electrons. The molecule has 1 aliphatic rings. The zero-order valence-electron chi connectivity index (χ0n) is 12.1. The van der Waals surface area contributed by atoms with Crippen molar-refractivity contribution in [1.82, 2.24) is 9.80 Å². The van der Waals surface area contributed by atoms with Gasteiger partial charge in [-0.3, -0.25) is 4.79 Å². The number of rotatable bonds is 1. The van der Waals surface area contributed by atoms with Crippen LogP contribution >= 0.6 is 0 Å². The van der Waals surface area contributed by atoms with E-state index in [-0.39, 0.29) is 19.6 Å². The second-order valence-corrected chi connectivity index (χ2v) is 5.76. The predicted molar refractivity (Wildman–Crippen MR) is 66.4 cm³/mol. The van der Waals surface area contributed by atoms with Crippen LogP contribution in [0.25, 0.3) is 0 Å². The fourth-order valence-electron chi connectivity index (χ4n) is 1.93. The van der Waals surface area contributed by atoms with Crippen molar-refractivity contribution in [2.75, 3.05) is 26.2 Å². The van der Waals surface area contributed by atoms with Crippen LogP contribution < -0.4 is 0 Å². The molecule has 0 saturated carbocycles. The van der Waals surface area contributed by atoms with Crippen LogP contribution in [0, 0.1) is 0 Å². The van der Waals surface area contributed by atoms with Crippen molar-refractivity contribution >= 4 is 12.0 Å². The van der Waals surface area contributed by atoms with E-state index in [9.17, 15) is 22.8 Å². The largest absolute Gasteiger partial charge is 0.471 e. The summed E-state index contributed by atoms with van der Waals surface area (Å²) in [4.78, 5) is 24.8. The van der Waals surface area contributed by atoms with E-state index in [4.69, 9.17) is 9.84 Å².